The quantitative estimate of drug-likeness (QED) is 0.320. The fourth-order valence-corrected chi connectivity index (χ4v) is 5.70. The number of nitrogens with one attached hydrogen (secondary N) is 2. The van der Waals surface area contributed by atoms with Gasteiger partial charge in [-0.25, -0.2) is 22.9 Å². The lowest BCUT2D eigenvalue weighted by atomic mass is 9.88. The number of halogens is 3. The molecule has 42 heavy (non-hydrogen) atoms. The molecule has 2 aliphatic rings. The number of nitrogens with zero attached hydrogens (tertiary/aromatic N) is 3. The maximum atomic E-state index is 14.7. The Morgan fingerprint density at radius 2 is 1.74 bits per heavy atom. The summed E-state index contributed by atoms with van der Waals surface area (Å²) in [5, 5.41) is 25.5. The Labute approximate surface area is 240 Å². The molecule has 1 aliphatic carbocycles. The molecule has 9 nitrogen and oxygen atoms in total. The summed E-state index contributed by atoms with van der Waals surface area (Å²) in [6.07, 6.45) is 0.328. The minimum Gasteiger partial charge on any atom is -0.465 e. The number of benzene rings is 1. The van der Waals surface area contributed by atoms with Gasteiger partial charge in [0.2, 0.25) is 0 Å². The monoisotopic (exact) mass is 583 g/mol. The Morgan fingerprint density at radius 1 is 1.02 bits per heavy atom. The molecule has 3 aromatic rings. The number of carbonyl (C=O) groups is 2. The number of carbonyl (C=O) groups excluding carboxylic acids is 1. The summed E-state index contributed by atoms with van der Waals surface area (Å²) in [6.45, 7) is 6.62. The van der Waals surface area contributed by atoms with E-state index in [-0.39, 0.29) is 11.7 Å². The van der Waals surface area contributed by atoms with Crippen LogP contribution in [0.5, 0.6) is 0 Å². The lowest BCUT2D eigenvalue weighted by Crippen LogP contribution is -2.48. The van der Waals surface area contributed by atoms with Crippen LogP contribution in [0.25, 0.3) is 11.3 Å². The van der Waals surface area contributed by atoms with E-state index in [4.69, 9.17) is 4.98 Å². The predicted octanol–water partition coefficient (Wildman–Crippen LogP) is 5.33. The Bertz CT molecular complexity index is 1540. The minimum atomic E-state index is -1.13. The molecule has 1 aromatic carbocycles. The summed E-state index contributed by atoms with van der Waals surface area (Å²) in [6, 6.07) is 4.80. The van der Waals surface area contributed by atoms with Gasteiger partial charge >= 0.3 is 6.09 Å². The number of fused-ring (bicyclic) bond motifs is 1. The molecular formula is C30H32F3N5O4. The summed E-state index contributed by atoms with van der Waals surface area (Å²) >= 11 is 0. The predicted molar refractivity (Wildman–Crippen MR) is 150 cm³/mol. The van der Waals surface area contributed by atoms with E-state index in [9.17, 15) is 33.0 Å². The average Bonchev–Trinajstić information content (AvgIpc) is 3.28. The zero-order valence-corrected chi connectivity index (χ0v) is 23.5. The van der Waals surface area contributed by atoms with Gasteiger partial charge in [0.25, 0.3) is 5.91 Å². The summed E-state index contributed by atoms with van der Waals surface area (Å²) in [5.41, 5.74) is 0.547. The van der Waals surface area contributed by atoms with Crippen molar-refractivity contribution in [3.8, 4) is 11.3 Å². The number of aromatic nitrogens is 2. The molecule has 12 heteroatoms. The van der Waals surface area contributed by atoms with Gasteiger partial charge in [-0.05, 0) is 49.9 Å². The van der Waals surface area contributed by atoms with Gasteiger partial charge in [-0.3, -0.25) is 9.78 Å². The average molecular weight is 584 g/mol. The summed E-state index contributed by atoms with van der Waals surface area (Å²) in [5.74, 6) is -3.79. The first-order valence-corrected chi connectivity index (χ1v) is 13.8. The second kappa shape index (κ2) is 11.2. The Hall–Kier alpha value is -4.19. The van der Waals surface area contributed by atoms with Crippen molar-refractivity contribution >= 4 is 23.4 Å². The van der Waals surface area contributed by atoms with Crippen LogP contribution in [0.2, 0.25) is 0 Å². The highest BCUT2D eigenvalue weighted by atomic mass is 19.1. The molecule has 2 atom stereocenters. The molecule has 0 spiro atoms. The molecule has 222 valence electrons. The van der Waals surface area contributed by atoms with Crippen LogP contribution >= 0.6 is 0 Å². The van der Waals surface area contributed by atoms with Crippen molar-refractivity contribution in [2.24, 2.45) is 0 Å². The van der Waals surface area contributed by atoms with Crippen LogP contribution in [0.4, 0.5) is 29.3 Å². The Kier molecular flexibility index (Phi) is 7.84. The molecule has 0 saturated carbocycles. The van der Waals surface area contributed by atoms with Gasteiger partial charge < -0.3 is 25.7 Å². The second-order valence-electron chi connectivity index (χ2n) is 11.7. The highest BCUT2D eigenvalue weighted by Crippen LogP contribution is 2.46. The number of hydrogen-bond acceptors (Lipinski definition) is 6. The number of rotatable bonds is 5. The zero-order valence-electron chi connectivity index (χ0n) is 23.5. The lowest BCUT2D eigenvalue weighted by molar-refractivity contribution is 0.102. The van der Waals surface area contributed by atoms with E-state index in [0.717, 1.165) is 35.9 Å². The molecule has 1 aliphatic heterocycles. The molecule has 4 N–H and O–H groups in total. The Morgan fingerprint density at radius 3 is 2.40 bits per heavy atom. The van der Waals surface area contributed by atoms with E-state index >= 15 is 0 Å². The highest BCUT2D eigenvalue weighted by Gasteiger charge is 2.36. The summed E-state index contributed by atoms with van der Waals surface area (Å²) in [4.78, 5) is 35.9. The van der Waals surface area contributed by atoms with Gasteiger partial charge in [0.15, 0.2) is 0 Å². The van der Waals surface area contributed by atoms with Crippen molar-refractivity contribution in [1.29, 1.82) is 0 Å². The first kappa shape index (κ1) is 29.3. The number of pyridine rings is 2. The highest BCUT2D eigenvalue weighted by molar-refractivity contribution is 6.06. The first-order chi connectivity index (χ1) is 19.8. The normalized spacial score (nSPS) is 18.5. The fraction of sp³-hybridized carbons (Fsp3) is 0.400. The van der Waals surface area contributed by atoms with Crippen molar-refractivity contribution < 1.29 is 33.0 Å². The number of amides is 2. The fourth-order valence-electron chi connectivity index (χ4n) is 5.70. The summed E-state index contributed by atoms with van der Waals surface area (Å²) in [7, 11) is 0. The lowest BCUT2D eigenvalue weighted by Gasteiger charge is -2.38. The largest absolute Gasteiger partial charge is 0.465 e. The second-order valence-corrected chi connectivity index (χ2v) is 11.7. The number of aliphatic hydroxyl groups excluding tert-OH is 1. The van der Waals surface area contributed by atoms with Gasteiger partial charge in [-0.2, -0.15) is 0 Å². The van der Waals surface area contributed by atoms with E-state index in [1.165, 1.54) is 0 Å². The molecule has 2 aromatic heterocycles. The van der Waals surface area contributed by atoms with E-state index in [1.807, 2.05) is 25.7 Å². The zero-order chi connectivity index (χ0) is 30.3. The van der Waals surface area contributed by atoms with E-state index in [0.29, 0.717) is 61.5 Å². The van der Waals surface area contributed by atoms with Gasteiger partial charge in [0, 0.05) is 30.1 Å². The van der Waals surface area contributed by atoms with Gasteiger partial charge in [0.05, 0.1) is 34.4 Å². The molecule has 0 bridgehead atoms. The molecule has 1 fully saturated rings. The molecule has 5 rings (SSSR count). The number of anilines is 2. The van der Waals surface area contributed by atoms with Crippen molar-refractivity contribution in [2.75, 3.05) is 23.3 Å². The third-order valence-electron chi connectivity index (χ3n) is 7.58. The summed E-state index contributed by atoms with van der Waals surface area (Å²) < 4.78 is 43.7. The molecule has 0 radical (unpaired) electrons. The standard InChI is InChI=1S/C30H32F3N5O4/c1-30(2,3)27-25(37-28(40)20-11-10-19(33)24(35-20)22-17(31)7-4-8-18(22)32)26(16-9-12-21(39)23(16)36-27)38-13-5-6-15(14-38)34-29(41)42/h4,7-8,10-11,15,21,34,39H,5-6,9,12-14H2,1-3H3,(H,37,40)(H,41,42)/t15-,21?/m0/s1. The Balaban J connectivity index is 1.61. The van der Waals surface area contributed by atoms with Gasteiger partial charge in [-0.15, -0.1) is 0 Å². The van der Waals surface area contributed by atoms with Crippen LogP contribution < -0.4 is 15.5 Å². The topological polar surface area (TPSA) is 128 Å². The first-order valence-electron chi connectivity index (χ1n) is 13.8. The van der Waals surface area contributed by atoms with Crippen molar-refractivity contribution in [1.82, 2.24) is 15.3 Å². The van der Waals surface area contributed by atoms with E-state index < -0.39 is 52.2 Å². The van der Waals surface area contributed by atoms with Crippen LogP contribution in [0.15, 0.2) is 30.3 Å². The van der Waals surface area contributed by atoms with Crippen LogP contribution in [-0.4, -0.2) is 51.3 Å². The molecule has 2 amide bonds. The van der Waals surface area contributed by atoms with Crippen LogP contribution in [0.3, 0.4) is 0 Å². The SMILES string of the molecule is CC(C)(C)c1nc2c(c(N3CCC[C@H](NC(=O)O)C3)c1NC(=O)c1ccc(F)c(-c3c(F)cccc3F)n1)CCC2O. The van der Waals surface area contributed by atoms with Crippen LogP contribution in [0, 0.1) is 17.5 Å². The van der Waals surface area contributed by atoms with Crippen molar-refractivity contribution in [3.63, 3.8) is 0 Å². The van der Waals surface area contributed by atoms with Crippen LogP contribution in [-0.2, 0) is 11.8 Å². The van der Waals surface area contributed by atoms with Gasteiger partial charge in [-0.1, -0.05) is 26.8 Å². The van der Waals surface area contributed by atoms with E-state index in [2.05, 4.69) is 15.6 Å². The van der Waals surface area contributed by atoms with E-state index in [1.54, 1.807) is 0 Å². The maximum Gasteiger partial charge on any atom is 0.404 e. The number of piperidine rings is 1. The minimum absolute atomic E-state index is 0.274. The molecule has 1 saturated heterocycles. The van der Waals surface area contributed by atoms with Crippen molar-refractivity contribution in [3.05, 3.63) is 70.4 Å². The molecule has 3 heterocycles. The van der Waals surface area contributed by atoms with Gasteiger partial charge in [0.1, 0.15) is 28.8 Å². The number of aliphatic hydroxyl groups is 1. The third-order valence-corrected chi connectivity index (χ3v) is 7.58. The number of hydrogen-bond donors (Lipinski definition) is 4. The van der Waals surface area contributed by atoms with Crippen molar-refractivity contribution in [2.45, 2.75) is 64.0 Å². The maximum absolute atomic E-state index is 14.7. The van der Waals surface area contributed by atoms with Crippen LogP contribution in [0.1, 0.15) is 73.6 Å². The number of carboxylic acid groups (broad SMARTS) is 1. The third kappa shape index (κ3) is 5.63. The molecular weight excluding hydrogens is 551 g/mol. The molecule has 1 unspecified atom stereocenters. The smallest absolute Gasteiger partial charge is 0.404 e.